The Hall–Kier alpha value is -3.02. The zero-order valence-corrected chi connectivity index (χ0v) is 17.5. The second-order valence-corrected chi connectivity index (χ2v) is 8.07. The molecule has 4 nitrogen and oxygen atoms in total. The zero-order chi connectivity index (χ0) is 20.9. The molecule has 0 aromatic heterocycles. The molecule has 2 amide bonds. The Morgan fingerprint density at radius 2 is 1.60 bits per heavy atom. The van der Waals surface area contributed by atoms with Gasteiger partial charge in [-0.15, -0.1) is 0 Å². The molecule has 6 heteroatoms. The summed E-state index contributed by atoms with van der Waals surface area (Å²) in [5.41, 5.74) is 2.51. The molecule has 1 fully saturated rings. The molecule has 1 heterocycles. The number of amides is 2. The molecule has 3 aromatic rings. The second kappa shape index (κ2) is 9.20. The summed E-state index contributed by atoms with van der Waals surface area (Å²) in [6.45, 7) is 0.563. The molecule has 0 atom stereocenters. The summed E-state index contributed by atoms with van der Waals surface area (Å²) in [6, 6.07) is 24.4. The van der Waals surface area contributed by atoms with Crippen LogP contribution in [-0.4, -0.2) is 16.0 Å². The Kier molecular flexibility index (Phi) is 6.21. The first-order valence-electron chi connectivity index (χ1n) is 9.36. The predicted molar refractivity (Wildman–Crippen MR) is 120 cm³/mol. The van der Waals surface area contributed by atoms with E-state index in [1.807, 2.05) is 78.9 Å². The quantitative estimate of drug-likeness (QED) is 0.435. The van der Waals surface area contributed by atoms with Gasteiger partial charge in [0, 0.05) is 16.1 Å². The van der Waals surface area contributed by atoms with Crippen LogP contribution < -0.4 is 4.74 Å². The van der Waals surface area contributed by atoms with Crippen LogP contribution in [0.25, 0.3) is 6.08 Å². The number of rotatable bonds is 6. The molecular formula is C24H18ClNO3S. The van der Waals surface area contributed by atoms with Crippen LogP contribution in [0.2, 0.25) is 5.02 Å². The highest BCUT2D eigenvalue weighted by atomic mass is 35.5. The minimum Gasteiger partial charge on any atom is -0.488 e. The van der Waals surface area contributed by atoms with Gasteiger partial charge >= 0.3 is 0 Å². The Balaban J connectivity index is 1.53. The summed E-state index contributed by atoms with van der Waals surface area (Å²) in [7, 11) is 0. The van der Waals surface area contributed by atoms with Crippen LogP contribution in [0.1, 0.15) is 16.7 Å². The summed E-state index contributed by atoms with van der Waals surface area (Å²) in [5.74, 6) is 0.321. The van der Waals surface area contributed by atoms with Gasteiger partial charge in [0.1, 0.15) is 12.4 Å². The standard InChI is InChI=1S/C24H18ClNO3S/c25-20-12-6-4-11-19(20)16-29-21-13-7-5-10-18(21)14-22-23(27)26(24(28)30-22)15-17-8-2-1-3-9-17/h1-14H,15-16H2/b22-14-. The molecule has 0 aliphatic carbocycles. The van der Waals surface area contributed by atoms with Crippen LogP contribution in [-0.2, 0) is 17.9 Å². The van der Waals surface area contributed by atoms with Crippen molar-refractivity contribution < 1.29 is 14.3 Å². The second-order valence-electron chi connectivity index (χ2n) is 6.67. The Morgan fingerprint density at radius 3 is 2.40 bits per heavy atom. The molecule has 0 unspecified atom stereocenters. The first-order valence-corrected chi connectivity index (χ1v) is 10.6. The van der Waals surface area contributed by atoms with Gasteiger partial charge in [0.2, 0.25) is 0 Å². The van der Waals surface area contributed by atoms with Gasteiger partial charge in [0.15, 0.2) is 0 Å². The van der Waals surface area contributed by atoms with Gasteiger partial charge in [0.25, 0.3) is 11.1 Å². The molecule has 0 spiro atoms. The van der Waals surface area contributed by atoms with Gasteiger partial charge in [-0.3, -0.25) is 14.5 Å². The van der Waals surface area contributed by atoms with Gasteiger partial charge in [-0.25, -0.2) is 0 Å². The van der Waals surface area contributed by atoms with Crippen LogP contribution in [0.5, 0.6) is 5.75 Å². The minimum absolute atomic E-state index is 0.257. The Labute approximate surface area is 184 Å². The van der Waals surface area contributed by atoms with E-state index < -0.39 is 0 Å². The first kappa shape index (κ1) is 20.3. The van der Waals surface area contributed by atoms with Gasteiger partial charge in [-0.2, -0.15) is 0 Å². The third kappa shape index (κ3) is 4.58. The van der Waals surface area contributed by atoms with Crippen molar-refractivity contribution in [1.29, 1.82) is 0 Å². The number of halogens is 1. The summed E-state index contributed by atoms with van der Waals surface area (Å²) < 4.78 is 5.95. The van der Waals surface area contributed by atoms with Crippen molar-refractivity contribution in [2.75, 3.05) is 0 Å². The fourth-order valence-corrected chi connectivity index (χ4v) is 4.07. The van der Waals surface area contributed by atoms with Gasteiger partial charge in [-0.1, -0.05) is 78.3 Å². The van der Waals surface area contributed by atoms with E-state index in [2.05, 4.69) is 0 Å². The third-order valence-corrected chi connectivity index (χ3v) is 5.88. The molecule has 4 rings (SSSR count). The lowest BCUT2D eigenvalue weighted by Gasteiger charge is -2.12. The number of carbonyl (C=O) groups is 2. The highest BCUT2D eigenvalue weighted by Gasteiger charge is 2.35. The zero-order valence-electron chi connectivity index (χ0n) is 16.0. The number of hydrogen-bond acceptors (Lipinski definition) is 4. The highest BCUT2D eigenvalue weighted by molar-refractivity contribution is 8.18. The average molecular weight is 436 g/mol. The van der Waals surface area contributed by atoms with Crippen molar-refractivity contribution in [2.24, 2.45) is 0 Å². The van der Waals surface area contributed by atoms with Crippen molar-refractivity contribution in [3.63, 3.8) is 0 Å². The smallest absolute Gasteiger partial charge is 0.293 e. The average Bonchev–Trinajstić information content (AvgIpc) is 3.02. The van der Waals surface area contributed by atoms with E-state index >= 15 is 0 Å². The number of para-hydroxylation sites is 1. The number of ether oxygens (including phenoxy) is 1. The molecule has 1 aliphatic heterocycles. The molecule has 0 saturated carbocycles. The highest BCUT2D eigenvalue weighted by Crippen LogP contribution is 2.35. The van der Waals surface area contributed by atoms with Crippen LogP contribution in [0.15, 0.2) is 83.8 Å². The summed E-state index contributed by atoms with van der Waals surface area (Å²) in [6.07, 6.45) is 1.71. The van der Waals surface area contributed by atoms with E-state index in [4.69, 9.17) is 16.3 Å². The molecule has 1 aliphatic rings. The molecule has 3 aromatic carbocycles. The van der Waals surface area contributed by atoms with Crippen molar-refractivity contribution in [1.82, 2.24) is 4.90 Å². The lowest BCUT2D eigenvalue weighted by Crippen LogP contribution is -2.27. The van der Waals surface area contributed by atoms with Crippen molar-refractivity contribution in [3.8, 4) is 5.75 Å². The SMILES string of the molecule is O=C1S/C(=C\c2ccccc2OCc2ccccc2Cl)C(=O)N1Cc1ccccc1. The third-order valence-electron chi connectivity index (χ3n) is 4.60. The number of benzene rings is 3. The van der Waals surface area contributed by atoms with Crippen LogP contribution in [0, 0.1) is 0 Å². The largest absolute Gasteiger partial charge is 0.488 e. The summed E-state index contributed by atoms with van der Waals surface area (Å²) >= 11 is 7.15. The van der Waals surface area contributed by atoms with Crippen molar-refractivity contribution >= 4 is 40.6 Å². The summed E-state index contributed by atoms with van der Waals surface area (Å²) in [5, 5.41) is 0.363. The molecule has 30 heavy (non-hydrogen) atoms. The van der Waals surface area contributed by atoms with Crippen molar-refractivity contribution in [3.05, 3.63) is 105 Å². The summed E-state index contributed by atoms with van der Waals surface area (Å²) in [4.78, 5) is 26.9. The maximum Gasteiger partial charge on any atom is 0.293 e. The number of nitrogens with zero attached hydrogens (tertiary/aromatic N) is 1. The first-order chi connectivity index (χ1) is 14.6. The fourth-order valence-electron chi connectivity index (χ4n) is 3.05. The lowest BCUT2D eigenvalue weighted by molar-refractivity contribution is -0.123. The lowest BCUT2D eigenvalue weighted by atomic mass is 10.1. The Morgan fingerprint density at radius 1 is 0.900 bits per heavy atom. The molecule has 0 bridgehead atoms. The maximum absolute atomic E-state index is 12.8. The number of thioether (sulfide) groups is 1. The van der Waals surface area contributed by atoms with E-state index in [1.54, 1.807) is 6.08 Å². The van der Waals surface area contributed by atoms with Gasteiger partial charge < -0.3 is 4.74 Å². The number of imide groups is 1. The van der Waals surface area contributed by atoms with Crippen LogP contribution >= 0.6 is 23.4 Å². The minimum atomic E-state index is -0.297. The molecule has 0 radical (unpaired) electrons. The van der Waals surface area contributed by atoms with Gasteiger partial charge in [-0.05, 0) is 35.5 Å². The van der Waals surface area contributed by atoms with E-state index in [0.717, 1.165) is 28.5 Å². The van der Waals surface area contributed by atoms with E-state index in [0.29, 0.717) is 22.3 Å². The van der Waals surface area contributed by atoms with Crippen molar-refractivity contribution in [2.45, 2.75) is 13.2 Å². The molecular weight excluding hydrogens is 418 g/mol. The number of hydrogen-bond donors (Lipinski definition) is 0. The predicted octanol–water partition coefficient (Wildman–Crippen LogP) is 6.16. The molecule has 1 saturated heterocycles. The topological polar surface area (TPSA) is 46.6 Å². The number of carbonyl (C=O) groups excluding carboxylic acids is 2. The molecule has 150 valence electrons. The van der Waals surface area contributed by atoms with Crippen LogP contribution in [0.3, 0.4) is 0 Å². The normalized spacial score (nSPS) is 15.1. The van der Waals surface area contributed by atoms with Gasteiger partial charge in [0.05, 0.1) is 11.4 Å². The Bertz CT molecular complexity index is 1110. The molecule has 0 N–H and O–H groups in total. The van der Waals surface area contributed by atoms with Crippen LogP contribution in [0.4, 0.5) is 4.79 Å². The van der Waals surface area contributed by atoms with E-state index in [-0.39, 0.29) is 17.7 Å². The van der Waals surface area contributed by atoms with E-state index in [1.165, 1.54) is 4.90 Å². The maximum atomic E-state index is 12.8. The monoisotopic (exact) mass is 435 g/mol. The van der Waals surface area contributed by atoms with E-state index in [9.17, 15) is 9.59 Å². The fraction of sp³-hybridized carbons (Fsp3) is 0.0833.